The smallest absolute Gasteiger partial charge is 0.302 e. The Morgan fingerprint density at radius 1 is 1.06 bits per heavy atom. The van der Waals surface area contributed by atoms with Crippen molar-refractivity contribution in [1.29, 1.82) is 0 Å². The van der Waals surface area contributed by atoms with Gasteiger partial charge in [-0.05, 0) is 79.6 Å². The van der Waals surface area contributed by atoms with Gasteiger partial charge >= 0.3 is 5.97 Å². The van der Waals surface area contributed by atoms with E-state index in [9.17, 15) is 14.4 Å². The second-order valence-electron chi connectivity index (χ2n) is 14.6. The van der Waals surface area contributed by atoms with Crippen molar-refractivity contribution in [2.45, 2.75) is 71.2 Å². The number of esters is 1. The van der Waals surface area contributed by atoms with E-state index in [1.54, 1.807) is 24.2 Å². The highest BCUT2D eigenvalue weighted by atomic mass is 19.1. The molecule has 8 rings (SSSR count). The van der Waals surface area contributed by atoms with Crippen LogP contribution >= 0.6 is 0 Å². The molecule has 3 aliphatic heterocycles. The van der Waals surface area contributed by atoms with Gasteiger partial charge in [0.2, 0.25) is 0 Å². The first-order chi connectivity index (χ1) is 25.7. The normalized spacial score (nSPS) is 19.1. The van der Waals surface area contributed by atoms with Gasteiger partial charge in [0.05, 0.1) is 36.8 Å². The molecule has 0 spiro atoms. The lowest BCUT2D eigenvalue weighted by atomic mass is 9.97. The van der Waals surface area contributed by atoms with Gasteiger partial charge in [0.1, 0.15) is 29.6 Å². The molecule has 1 N–H and O–H groups in total. The summed E-state index contributed by atoms with van der Waals surface area (Å²) in [6, 6.07) is 11.1. The zero-order valence-corrected chi connectivity index (χ0v) is 30.6. The largest absolute Gasteiger partial charge is 0.461 e. The van der Waals surface area contributed by atoms with Gasteiger partial charge in [0.15, 0.2) is 0 Å². The van der Waals surface area contributed by atoms with Crippen LogP contribution in [-0.2, 0) is 47.3 Å². The van der Waals surface area contributed by atoms with E-state index in [4.69, 9.17) is 9.47 Å². The van der Waals surface area contributed by atoms with Crippen LogP contribution in [0.3, 0.4) is 0 Å². The highest BCUT2D eigenvalue weighted by Gasteiger charge is 2.34. The summed E-state index contributed by atoms with van der Waals surface area (Å²) < 4.78 is 30.1. The van der Waals surface area contributed by atoms with Crippen LogP contribution in [0.15, 0.2) is 53.6 Å². The van der Waals surface area contributed by atoms with E-state index >= 15 is 4.39 Å². The average molecular weight is 724 g/mol. The van der Waals surface area contributed by atoms with E-state index < -0.39 is 11.8 Å². The number of amides is 1. The first-order valence-electron chi connectivity index (χ1n) is 18.7. The molecule has 0 unspecified atom stereocenters. The van der Waals surface area contributed by atoms with E-state index in [2.05, 4.69) is 31.6 Å². The van der Waals surface area contributed by atoms with Crippen molar-refractivity contribution in [2.75, 3.05) is 54.5 Å². The van der Waals surface area contributed by atoms with Gasteiger partial charge in [0.25, 0.3) is 11.5 Å². The number of hydrogen-bond donors (Lipinski definition) is 1. The molecule has 6 heterocycles. The lowest BCUT2D eigenvalue weighted by Crippen LogP contribution is -2.60. The topological polar surface area (TPSA) is 114 Å². The minimum Gasteiger partial charge on any atom is -0.461 e. The van der Waals surface area contributed by atoms with Crippen LogP contribution in [0.25, 0.3) is 11.1 Å². The number of rotatable bonds is 9. The maximum Gasteiger partial charge on any atom is 0.302 e. The van der Waals surface area contributed by atoms with Crippen molar-refractivity contribution < 1.29 is 23.5 Å². The Balaban J connectivity index is 1.09. The van der Waals surface area contributed by atoms with Crippen molar-refractivity contribution in [3.05, 3.63) is 87.5 Å². The molecule has 1 aromatic carbocycles. The highest BCUT2D eigenvalue weighted by molar-refractivity contribution is 6.07. The van der Waals surface area contributed by atoms with Gasteiger partial charge in [-0.25, -0.2) is 9.37 Å². The first-order valence-corrected chi connectivity index (χ1v) is 18.7. The molecule has 1 amide bonds. The Labute approximate surface area is 308 Å². The van der Waals surface area contributed by atoms with Crippen LogP contribution in [0.5, 0.6) is 0 Å². The number of piperazine rings is 1. The lowest BCUT2D eigenvalue weighted by molar-refractivity contribution is -0.142. The van der Waals surface area contributed by atoms with Crippen LogP contribution < -0.4 is 20.7 Å². The molecule has 0 bridgehead atoms. The molecule has 12 nitrogen and oxygen atoms in total. The van der Waals surface area contributed by atoms with E-state index in [1.165, 1.54) is 34.9 Å². The van der Waals surface area contributed by atoms with Gasteiger partial charge in [0, 0.05) is 75.8 Å². The SMILES string of the molecule is CC[C@H]1CN(C2COC2)CCN1c1ccc(Nc2cc(-c3cc(F)cc(N4CCn5c(cc6c5CCCC6)C4=O)c3COC(C)=O)cn(C)c2=O)nc1. The Bertz CT molecular complexity index is 2110. The fourth-order valence-electron chi connectivity index (χ4n) is 8.36. The molecule has 4 aromatic rings. The molecule has 4 aliphatic rings. The number of aryl methyl sites for hydroxylation is 2. The van der Waals surface area contributed by atoms with Gasteiger partial charge in [-0.1, -0.05) is 6.92 Å². The second-order valence-corrected chi connectivity index (χ2v) is 14.6. The third-order valence-electron chi connectivity index (χ3n) is 11.3. The standard InChI is InChI=1S/C40H46FN7O5/c1-4-29-21-45(31-22-52-23-31)11-12-46(29)30-9-10-38(42-19-30)43-34-15-27(20-44(3)39(34)50)32-17-28(41)18-36(33(32)24-53-25(2)49)48-14-13-47-35-8-6-5-7-26(35)16-37(47)40(48)51/h9-10,15-20,29,31H,4-8,11-14,21-24H2,1-3H3,(H,42,43)/t29-/m0/s1. The number of hydrogen-bond acceptors (Lipinski definition) is 9. The summed E-state index contributed by atoms with van der Waals surface area (Å²) in [6.07, 6.45) is 8.55. The number of ether oxygens (including phenoxy) is 2. The maximum absolute atomic E-state index is 15.7. The number of halogens is 1. The van der Waals surface area contributed by atoms with Gasteiger partial charge in [-0.2, -0.15) is 0 Å². The van der Waals surface area contributed by atoms with Gasteiger partial charge < -0.3 is 33.7 Å². The molecule has 2 fully saturated rings. The predicted octanol–water partition coefficient (Wildman–Crippen LogP) is 5.03. The summed E-state index contributed by atoms with van der Waals surface area (Å²) in [5.74, 6) is -0.785. The summed E-state index contributed by atoms with van der Waals surface area (Å²) in [6.45, 7) is 8.72. The molecule has 0 saturated carbocycles. The molecule has 0 radical (unpaired) electrons. The fourth-order valence-corrected chi connectivity index (χ4v) is 8.36. The van der Waals surface area contributed by atoms with Crippen LogP contribution in [0.2, 0.25) is 0 Å². The number of nitrogens with one attached hydrogen (secondary N) is 1. The summed E-state index contributed by atoms with van der Waals surface area (Å²) in [4.78, 5) is 50.8. The third-order valence-corrected chi connectivity index (χ3v) is 11.3. The molecule has 3 aromatic heterocycles. The molecular formula is C40H46FN7O5. The van der Waals surface area contributed by atoms with Gasteiger partial charge in [-0.3, -0.25) is 19.3 Å². The van der Waals surface area contributed by atoms with Crippen molar-refractivity contribution in [1.82, 2.24) is 19.0 Å². The summed E-state index contributed by atoms with van der Waals surface area (Å²) in [7, 11) is 1.63. The monoisotopic (exact) mass is 723 g/mol. The number of aromatic nitrogens is 3. The highest BCUT2D eigenvalue weighted by Crippen LogP contribution is 2.37. The lowest BCUT2D eigenvalue weighted by Gasteiger charge is -2.47. The third kappa shape index (κ3) is 6.72. The zero-order chi connectivity index (χ0) is 36.8. The number of carbonyl (C=O) groups is 2. The molecule has 53 heavy (non-hydrogen) atoms. The minimum atomic E-state index is -0.553. The summed E-state index contributed by atoms with van der Waals surface area (Å²) >= 11 is 0. The van der Waals surface area contributed by atoms with Crippen molar-refractivity contribution in [2.24, 2.45) is 7.05 Å². The Morgan fingerprint density at radius 2 is 1.89 bits per heavy atom. The van der Waals surface area contributed by atoms with Crippen molar-refractivity contribution in [3.63, 3.8) is 0 Å². The summed E-state index contributed by atoms with van der Waals surface area (Å²) in [5.41, 5.74) is 5.73. The Hall–Kier alpha value is -5.01. The zero-order valence-electron chi connectivity index (χ0n) is 30.6. The molecule has 13 heteroatoms. The molecule has 278 valence electrons. The number of anilines is 4. The second kappa shape index (κ2) is 14.4. The van der Waals surface area contributed by atoms with Crippen molar-refractivity contribution >= 4 is 34.8 Å². The van der Waals surface area contributed by atoms with E-state index in [1.807, 2.05) is 24.4 Å². The van der Waals surface area contributed by atoms with Crippen LogP contribution in [0.4, 0.5) is 27.3 Å². The molecule has 1 aliphatic carbocycles. The average Bonchev–Trinajstić information content (AvgIpc) is 3.52. The van der Waals surface area contributed by atoms with Crippen molar-refractivity contribution in [3.8, 4) is 11.1 Å². The molecule has 2 saturated heterocycles. The van der Waals surface area contributed by atoms with E-state index in [0.29, 0.717) is 59.1 Å². The first kappa shape index (κ1) is 35.0. The van der Waals surface area contributed by atoms with Crippen LogP contribution in [0, 0.1) is 5.82 Å². The van der Waals surface area contributed by atoms with E-state index in [-0.39, 0.29) is 23.8 Å². The van der Waals surface area contributed by atoms with Crippen LogP contribution in [-0.4, -0.2) is 82.4 Å². The van der Waals surface area contributed by atoms with Gasteiger partial charge in [-0.15, -0.1) is 0 Å². The number of benzene rings is 1. The number of pyridine rings is 2. The molecule has 1 atom stereocenters. The maximum atomic E-state index is 15.7. The Morgan fingerprint density at radius 3 is 2.62 bits per heavy atom. The predicted molar refractivity (Wildman–Crippen MR) is 200 cm³/mol. The molecular weight excluding hydrogens is 677 g/mol. The minimum absolute atomic E-state index is 0.183. The summed E-state index contributed by atoms with van der Waals surface area (Å²) in [5, 5.41) is 3.19. The quantitative estimate of drug-likeness (QED) is 0.238. The number of nitrogens with zero attached hydrogens (tertiary/aromatic N) is 6. The van der Waals surface area contributed by atoms with E-state index in [0.717, 1.165) is 70.6 Å². The Kier molecular flexibility index (Phi) is 9.54. The number of carbonyl (C=O) groups excluding carboxylic acids is 2. The number of fused-ring (bicyclic) bond motifs is 3. The fraction of sp³-hybridized carbons (Fsp3) is 0.450. The van der Waals surface area contributed by atoms with Crippen LogP contribution in [0.1, 0.15) is 60.4 Å².